The number of fused-ring (bicyclic) bond motifs is 1. The first kappa shape index (κ1) is 13.7. The number of benzene rings is 1. The van der Waals surface area contributed by atoms with Crippen molar-refractivity contribution in [2.75, 3.05) is 5.32 Å². The van der Waals surface area contributed by atoms with Crippen molar-refractivity contribution >= 4 is 40.9 Å². The molecule has 0 aliphatic carbocycles. The number of hydrogen-bond donors (Lipinski definition) is 2. The van der Waals surface area contributed by atoms with Crippen molar-refractivity contribution in [3.63, 3.8) is 0 Å². The van der Waals surface area contributed by atoms with Crippen molar-refractivity contribution in [3.8, 4) is 0 Å². The second-order valence-corrected chi connectivity index (χ2v) is 5.54. The first-order chi connectivity index (χ1) is 10.0. The van der Waals surface area contributed by atoms with Crippen LogP contribution < -0.4 is 5.32 Å². The van der Waals surface area contributed by atoms with Gasteiger partial charge >= 0.3 is 0 Å². The summed E-state index contributed by atoms with van der Waals surface area (Å²) < 4.78 is 0. The molecule has 1 aromatic heterocycles. The van der Waals surface area contributed by atoms with Crippen molar-refractivity contribution in [2.24, 2.45) is 0 Å². The van der Waals surface area contributed by atoms with Crippen molar-refractivity contribution in [1.29, 1.82) is 0 Å². The molecule has 1 amide bonds. The zero-order valence-corrected chi connectivity index (χ0v) is 12.6. The third-order valence-corrected chi connectivity index (χ3v) is 4.03. The summed E-state index contributed by atoms with van der Waals surface area (Å²) in [5.74, 6) is -0.112. The van der Waals surface area contributed by atoms with E-state index in [-0.39, 0.29) is 5.91 Å². The van der Waals surface area contributed by atoms with Gasteiger partial charge < -0.3 is 10.3 Å². The van der Waals surface area contributed by atoms with Gasteiger partial charge in [0, 0.05) is 27.7 Å². The lowest BCUT2D eigenvalue weighted by molar-refractivity contribution is -0.110. The summed E-state index contributed by atoms with van der Waals surface area (Å²) in [7, 11) is 0. The maximum absolute atomic E-state index is 12.2. The maximum Gasteiger partial charge on any atom is 0.256 e. The molecule has 21 heavy (non-hydrogen) atoms. The summed E-state index contributed by atoms with van der Waals surface area (Å²) >= 11 is 6.04. The van der Waals surface area contributed by atoms with Gasteiger partial charge in [0.1, 0.15) is 0 Å². The number of halogens is 1. The lowest BCUT2D eigenvalue weighted by Gasteiger charge is -1.99. The molecule has 0 fully saturated rings. The Morgan fingerprint density at radius 3 is 2.71 bits per heavy atom. The van der Waals surface area contributed by atoms with E-state index in [4.69, 9.17) is 11.6 Å². The second kappa shape index (κ2) is 4.93. The van der Waals surface area contributed by atoms with Crippen LogP contribution in [0.1, 0.15) is 28.1 Å². The van der Waals surface area contributed by atoms with Crippen LogP contribution in [-0.2, 0) is 4.79 Å². The van der Waals surface area contributed by atoms with Crippen molar-refractivity contribution in [3.05, 3.63) is 57.9 Å². The quantitative estimate of drug-likeness (QED) is 0.792. The van der Waals surface area contributed by atoms with Crippen molar-refractivity contribution in [2.45, 2.75) is 13.8 Å². The molecule has 1 aromatic carbocycles. The number of anilines is 1. The van der Waals surface area contributed by atoms with E-state index in [1.807, 2.05) is 32.1 Å². The molecule has 1 aliphatic heterocycles. The van der Waals surface area contributed by atoms with Crippen LogP contribution in [0.2, 0.25) is 5.02 Å². The Bertz CT molecular complexity index is 799. The van der Waals surface area contributed by atoms with E-state index in [0.717, 1.165) is 33.8 Å². The van der Waals surface area contributed by atoms with Gasteiger partial charge in [-0.1, -0.05) is 24.3 Å². The number of amides is 1. The molecule has 2 N–H and O–H groups in total. The number of aryl methyl sites for hydroxylation is 1. The van der Waals surface area contributed by atoms with Crippen LogP contribution in [0.25, 0.3) is 17.7 Å². The summed E-state index contributed by atoms with van der Waals surface area (Å²) in [4.78, 5) is 15.5. The van der Waals surface area contributed by atoms with Crippen LogP contribution in [-0.4, -0.2) is 10.9 Å². The highest BCUT2D eigenvalue weighted by Crippen LogP contribution is 2.35. The fourth-order valence-electron chi connectivity index (χ4n) is 2.69. The van der Waals surface area contributed by atoms with E-state index in [1.54, 1.807) is 12.1 Å². The minimum atomic E-state index is -0.112. The van der Waals surface area contributed by atoms with Crippen LogP contribution in [0.3, 0.4) is 0 Å². The number of carbonyl (C=O) groups is 1. The molecule has 1 aliphatic rings. The number of aromatic amines is 1. The third-order valence-electron chi connectivity index (χ3n) is 3.79. The molecule has 2 aromatic rings. The molecule has 2 heterocycles. The molecule has 4 heteroatoms. The first-order valence-corrected chi connectivity index (χ1v) is 7.03. The number of aromatic nitrogens is 1. The Hall–Kier alpha value is -2.26. The number of H-pyrrole nitrogens is 1. The zero-order valence-electron chi connectivity index (χ0n) is 11.9. The molecule has 3 rings (SSSR count). The summed E-state index contributed by atoms with van der Waals surface area (Å²) in [5, 5.41) is 3.46. The first-order valence-electron chi connectivity index (χ1n) is 6.66. The molecule has 3 nitrogen and oxygen atoms in total. The Morgan fingerprint density at radius 2 is 2.05 bits per heavy atom. The SMILES string of the molecule is C=Cc1c(C)[nH]c(/C=C2\C(=O)Nc3ccc(Cl)cc32)c1C. The van der Waals surface area contributed by atoms with Gasteiger partial charge in [-0.25, -0.2) is 0 Å². The fourth-order valence-corrected chi connectivity index (χ4v) is 2.86. The molecule has 0 spiro atoms. The van der Waals surface area contributed by atoms with E-state index in [0.29, 0.717) is 10.6 Å². The Morgan fingerprint density at radius 1 is 1.29 bits per heavy atom. The van der Waals surface area contributed by atoms with Crippen LogP contribution >= 0.6 is 11.6 Å². The normalized spacial score (nSPS) is 15.2. The number of nitrogens with one attached hydrogen (secondary N) is 2. The fraction of sp³-hybridized carbons (Fsp3) is 0.118. The number of hydrogen-bond acceptors (Lipinski definition) is 1. The molecule has 0 radical (unpaired) electrons. The van der Waals surface area contributed by atoms with Gasteiger partial charge in [-0.2, -0.15) is 0 Å². The molecule has 0 atom stereocenters. The molecular weight excluding hydrogens is 284 g/mol. The average molecular weight is 299 g/mol. The topological polar surface area (TPSA) is 44.9 Å². The molecule has 0 bridgehead atoms. The standard InChI is InChI=1S/C17H15ClN2O/c1-4-12-9(2)16(19-10(12)3)8-14-13-7-11(18)5-6-15(13)20-17(14)21/h4-8,19H,1H2,2-3H3,(H,20,21)/b14-8-. The maximum atomic E-state index is 12.2. The van der Waals surface area contributed by atoms with Crippen LogP contribution in [0.4, 0.5) is 5.69 Å². The minimum absolute atomic E-state index is 0.112. The summed E-state index contributed by atoms with van der Waals surface area (Å²) in [6.07, 6.45) is 3.69. The highest BCUT2D eigenvalue weighted by molar-refractivity contribution is 6.36. The van der Waals surface area contributed by atoms with Gasteiger partial charge in [-0.15, -0.1) is 0 Å². The molecule has 0 unspecified atom stereocenters. The third kappa shape index (κ3) is 2.20. The van der Waals surface area contributed by atoms with E-state index in [9.17, 15) is 4.79 Å². The van der Waals surface area contributed by atoms with Crippen LogP contribution in [0, 0.1) is 13.8 Å². The molecule has 106 valence electrons. The Labute approximate surface area is 128 Å². The van der Waals surface area contributed by atoms with Crippen molar-refractivity contribution < 1.29 is 4.79 Å². The van der Waals surface area contributed by atoms with Crippen LogP contribution in [0.15, 0.2) is 24.8 Å². The van der Waals surface area contributed by atoms with Gasteiger partial charge in [-0.3, -0.25) is 4.79 Å². The van der Waals surface area contributed by atoms with Gasteiger partial charge in [0.25, 0.3) is 5.91 Å². The van der Waals surface area contributed by atoms with E-state index >= 15 is 0 Å². The van der Waals surface area contributed by atoms with Gasteiger partial charge in [0.15, 0.2) is 0 Å². The van der Waals surface area contributed by atoms with Gasteiger partial charge in [0.05, 0.1) is 5.57 Å². The molecular formula is C17H15ClN2O. The summed E-state index contributed by atoms with van der Waals surface area (Å²) in [6.45, 7) is 7.83. The minimum Gasteiger partial charge on any atom is -0.358 e. The predicted octanol–water partition coefficient (Wildman–Crippen LogP) is 4.42. The van der Waals surface area contributed by atoms with E-state index in [2.05, 4.69) is 16.9 Å². The summed E-state index contributed by atoms with van der Waals surface area (Å²) in [6, 6.07) is 5.39. The van der Waals surface area contributed by atoms with E-state index < -0.39 is 0 Å². The van der Waals surface area contributed by atoms with Crippen molar-refractivity contribution in [1.82, 2.24) is 4.98 Å². The van der Waals surface area contributed by atoms with E-state index in [1.165, 1.54) is 0 Å². The number of rotatable bonds is 2. The largest absolute Gasteiger partial charge is 0.358 e. The highest BCUT2D eigenvalue weighted by Gasteiger charge is 2.24. The monoisotopic (exact) mass is 298 g/mol. The molecule has 0 saturated heterocycles. The average Bonchev–Trinajstić information content (AvgIpc) is 2.88. The Balaban J connectivity index is 2.15. The predicted molar refractivity (Wildman–Crippen MR) is 88.3 cm³/mol. The summed E-state index contributed by atoms with van der Waals surface area (Å²) in [5.41, 5.74) is 6.36. The highest BCUT2D eigenvalue weighted by atomic mass is 35.5. The van der Waals surface area contributed by atoms with Crippen LogP contribution in [0.5, 0.6) is 0 Å². The smallest absolute Gasteiger partial charge is 0.256 e. The lowest BCUT2D eigenvalue weighted by Crippen LogP contribution is -2.03. The van der Waals surface area contributed by atoms with Gasteiger partial charge in [0.2, 0.25) is 0 Å². The Kier molecular flexibility index (Phi) is 3.22. The van der Waals surface area contributed by atoms with Gasteiger partial charge in [-0.05, 0) is 49.2 Å². The zero-order chi connectivity index (χ0) is 15.1. The lowest BCUT2D eigenvalue weighted by atomic mass is 10.0. The molecule has 0 saturated carbocycles. The number of carbonyl (C=O) groups excluding carboxylic acids is 1. The second-order valence-electron chi connectivity index (χ2n) is 5.11.